The number of hydrogen-bond donors (Lipinski definition) is 2. The minimum Gasteiger partial charge on any atom is -0.454 e. The molecule has 0 aliphatic rings. The Morgan fingerprint density at radius 2 is 1.81 bits per heavy atom. The fourth-order valence-corrected chi connectivity index (χ4v) is 2.15. The minimum absolute atomic E-state index is 0.173. The van der Waals surface area contributed by atoms with Gasteiger partial charge in [-0.15, -0.1) is 0 Å². The quantitative estimate of drug-likeness (QED) is 0.777. The molecule has 2 N–H and O–H groups in total. The Balaban J connectivity index is 1.78. The Morgan fingerprint density at radius 1 is 1.08 bits per heavy atom. The van der Waals surface area contributed by atoms with Gasteiger partial charge in [0.2, 0.25) is 0 Å². The van der Waals surface area contributed by atoms with E-state index in [4.69, 9.17) is 4.74 Å². The van der Waals surface area contributed by atoms with E-state index < -0.39 is 36.8 Å². The van der Waals surface area contributed by atoms with Crippen LogP contribution in [0.5, 0.6) is 0 Å². The van der Waals surface area contributed by atoms with Crippen molar-refractivity contribution in [2.24, 2.45) is 0 Å². The topological polar surface area (TPSA) is 84.5 Å². The van der Waals surface area contributed by atoms with Gasteiger partial charge in [0.15, 0.2) is 6.61 Å². The van der Waals surface area contributed by atoms with Crippen LogP contribution in [0.4, 0.5) is 10.1 Å². The van der Waals surface area contributed by atoms with Gasteiger partial charge in [-0.3, -0.25) is 14.4 Å². The van der Waals surface area contributed by atoms with Gasteiger partial charge in [0.1, 0.15) is 12.4 Å². The van der Waals surface area contributed by atoms with Crippen LogP contribution in [0.15, 0.2) is 42.5 Å². The van der Waals surface area contributed by atoms with Gasteiger partial charge in [-0.05, 0) is 43.2 Å². The lowest BCUT2D eigenvalue weighted by atomic mass is 10.1. The lowest BCUT2D eigenvalue weighted by Gasteiger charge is -2.10. The molecule has 0 aliphatic carbocycles. The van der Waals surface area contributed by atoms with Crippen molar-refractivity contribution in [3.8, 4) is 0 Å². The average Bonchev–Trinajstić information content (AvgIpc) is 2.61. The molecule has 136 valence electrons. The summed E-state index contributed by atoms with van der Waals surface area (Å²) >= 11 is 0. The molecular weight excluding hydrogens is 339 g/mol. The summed E-state index contributed by atoms with van der Waals surface area (Å²) in [6.45, 7) is 2.79. The second-order valence-electron chi connectivity index (χ2n) is 5.69. The van der Waals surface area contributed by atoms with Crippen molar-refractivity contribution >= 4 is 23.5 Å². The van der Waals surface area contributed by atoms with Gasteiger partial charge < -0.3 is 15.4 Å². The van der Waals surface area contributed by atoms with Gasteiger partial charge in [0.25, 0.3) is 11.8 Å². The van der Waals surface area contributed by atoms with E-state index in [2.05, 4.69) is 10.6 Å². The third-order valence-electron chi connectivity index (χ3n) is 3.54. The third-order valence-corrected chi connectivity index (χ3v) is 3.54. The summed E-state index contributed by atoms with van der Waals surface area (Å²) in [6, 6.07) is 11.0. The molecule has 0 fully saturated rings. The Labute approximate surface area is 150 Å². The van der Waals surface area contributed by atoms with Crippen LogP contribution < -0.4 is 10.6 Å². The molecule has 0 radical (unpaired) electrons. The van der Waals surface area contributed by atoms with Crippen LogP contribution in [0.3, 0.4) is 0 Å². The number of esters is 1. The maximum atomic E-state index is 13.5. The summed E-state index contributed by atoms with van der Waals surface area (Å²) in [7, 11) is 0. The highest BCUT2D eigenvalue weighted by molar-refractivity contribution is 5.97. The summed E-state index contributed by atoms with van der Waals surface area (Å²) in [4.78, 5) is 35.3. The van der Waals surface area contributed by atoms with E-state index in [0.29, 0.717) is 5.69 Å². The Morgan fingerprint density at radius 3 is 2.54 bits per heavy atom. The number of benzene rings is 2. The Kier molecular flexibility index (Phi) is 6.43. The zero-order valence-electron chi connectivity index (χ0n) is 14.5. The minimum atomic E-state index is -0.800. The van der Waals surface area contributed by atoms with Crippen molar-refractivity contribution in [3.63, 3.8) is 0 Å². The molecule has 0 spiro atoms. The first-order valence-corrected chi connectivity index (χ1v) is 7.92. The first kappa shape index (κ1) is 19.1. The maximum Gasteiger partial charge on any atom is 0.325 e. The van der Waals surface area contributed by atoms with Crippen LogP contribution >= 0.6 is 0 Å². The average molecular weight is 358 g/mol. The first-order chi connectivity index (χ1) is 12.4. The van der Waals surface area contributed by atoms with E-state index in [1.165, 1.54) is 18.2 Å². The number of hydrogen-bond acceptors (Lipinski definition) is 4. The van der Waals surface area contributed by atoms with E-state index in [0.717, 1.165) is 17.2 Å². The number of carbonyl (C=O) groups is 3. The number of rotatable bonds is 6. The summed E-state index contributed by atoms with van der Waals surface area (Å²) in [5, 5.41) is 4.90. The normalized spacial score (nSPS) is 10.1. The van der Waals surface area contributed by atoms with Crippen LogP contribution in [0.25, 0.3) is 0 Å². The smallest absolute Gasteiger partial charge is 0.325 e. The highest BCUT2D eigenvalue weighted by atomic mass is 19.1. The van der Waals surface area contributed by atoms with E-state index >= 15 is 0 Å². The zero-order valence-corrected chi connectivity index (χ0v) is 14.5. The first-order valence-electron chi connectivity index (χ1n) is 7.92. The molecule has 0 saturated carbocycles. The highest BCUT2D eigenvalue weighted by Crippen LogP contribution is 2.16. The van der Waals surface area contributed by atoms with Crippen molar-refractivity contribution in [1.29, 1.82) is 0 Å². The number of halogens is 1. The molecule has 7 heteroatoms. The molecule has 2 amide bonds. The molecule has 0 heterocycles. The Bertz CT molecular complexity index is 836. The zero-order chi connectivity index (χ0) is 19.1. The second-order valence-corrected chi connectivity index (χ2v) is 5.69. The van der Waals surface area contributed by atoms with Crippen LogP contribution in [0, 0.1) is 19.7 Å². The van der Waals surface area contributed by atoms with Crippen molar-refractivity contribution < 1.29 is 23.5 Å². The van der Waals surface area contributed by atoms with Crippen molar-refractivity contribution in [2.45, 2.75) is 13.8 Å². The molecule has 0 atom stereocenters. The number of amides is 2. The molecule has 2 rings (SSSR count). The highest BCUT2D eigenvalue weighted by Gasteiger charge is 2.14. The molecule has 0 bridgehead atoms. The molecule has 0 saturated heterocycles. The standard InChI is InChI=1S/C19H19FN2O4/c1-12-7-8-13(2)16(9-12)22-17(23)11-26-18(24)10-21-19(25)14-5-3-4-6-15(14)20/h3-9H,10-11H2,1-2H3,(H,21,25)(H,22,23). The van der Waals surface area contributed by atoms with E-state index in [-0.39, 0.29) is 5.56 Å². The number of carbonyl (C=O) groups excluding carboxylic acids is 3. The number of ether oxygens (including phenoxy) is 1. The molecule has 0 aromatic heterocycles. The summed E-state index contributed by atoms with van der Waals surface area (Å²) in [6.07, 6.45) is 0. The van der Waals surface area contributed by atoms with Crippen LogP contribution in [0.2, 0.25) is 0 Å². The van der Waals surface area contributed by atoms with E-state index in [1.54, 1.807) is 0 Å². The lowest BCUT2D eigenvalue weighted by Crippen LogP contribution is -2.32. The van der Waals surface area contributed by atoms with Crippen molar-refractivity contribution in [1.82, 2.24) is 5.32 Å². The van der Waals surface area contributed by atoms with E-state index in [1.807, 2.05) is 32.0 Å². The fourth-order valence-electron chi connectivity index (χ4n) is 2.15. The molecule has 2 aromatic rings. The van der Waals surface area contributed by atoms with Gasteiger partial charge in [0, 0.05) is 5.69 Å². The number of anilines is 1. The third kappa shape index (κ3) is 5.41. The van der Waals surface area contributed by atoms with Crippen molar-refractivity contribution in [2.75, 3.05) is 18.5 Å². The van der Waals surface area contributed by atoms with Crippen LogP contribution in [-0.4, -0.2) is 30.9 Å². The number of nitrogens with one attached hydrogen (secondary N) is 2. The molecular formula is C19H19FN2O4. The lowest BCUT2D eigenvalue weighted by molar-refractivity contribution is -0.146. The molecule has 26 heavy (non-hydrogen) atoms. The van der Waals surface area contributed by atoms with Gasteiger partial charge in [-0.1, -0.05) is 24.3 Å². The maximum absolute atomic E-state index is 13.5. The van der Waals surface area contributed by atoms with Crippen LogP contribution in [0.1, 0.15) is 21.5 Å². The number of aryl methyl sites for hydroxylation is 2. The van der Waals surface area contributed by atoms with Crippen molar-refractivity contribution in [3.05, 3.63) is 65.0 Å². The largest absolute Gasteiger partial charge is 0.454 e. The Hall–Kier alpha value is -3.22. The molecule has 0 unspecified atom stereocenters. The van der Waals surface area contributed by atoms with Gasteiger partial charge in [-0.25, -0.2) is 4.39 Å². The van der Waals surface area contributed by atoms with Gasteiger partial charge in [0.05, 0.1) is 5.56 Å². The molecule has 2 aromatic carbocycles. The monoisotopic (exact) mass is 358 g/mol. The summed E-state index contributed by atoms with van der Waals surface area (Å²) in [5.74, 6) is -2.72. The predicted octanol–water partition coefficient (Wildman–Crippen LogP) is 2.35. The van der Waals surface area contributed by atoms with Crippen LogP contribution in [-0.2, 0) is 14.3 Å². The van der Waals surface area contributed by atoms with Gasteiger partial charge >= 0.3 is 5.97 Å². The molecule has 0 aliphatic heterocycles. The van der Waals surface area contributed by atoms with Gasteiger partial charge in [-0.2, -0.15) is 0 Å². The summed E-state index contributed by atoms with van der Waals surface area (Å²) < 4.78 is 18.3. The fraction of sp³-hybridized carbons (Fsp3) is 0.211. The molecule has 6 nitrogen and oxygen atoms in total. The second kappa shape index (κ2) is 8.75. The predicted molar refractivity (Wildman–Crippen MR) is 94.2 cm³/mol. The SMILES string of the molecule is Cc1ccc(C)c(NC(=O)COC(=O)CNC(=O)c2ccccc2F)c1. The summed E-state index contributed by atoms with van der Waals surface area (Å²) in [5.41, 5.74) is 2.33. The van der Waals surface area contributed by atoms with E-state index in [9.17, 15) is 18.8 Å².